The Morgan fingerprint density at radius 2 is 0.920 bits per heavy atom. The van der Waals surface area contributed by atoms with Crippen molar-refractivity contribution < 1.29 is 8.42 Å². The quantitative estimate of drug-likeness (QED) is 0.515. The lowest BCUT2D eigenvalue weighted by molar-refractivity contribution is 0.595. The molecule has 0 aliphatic heterocycles. The molecule has 0 heterocycles. The molecule has 2 nitrogen and oxygen atoms in total. The van der Waals surface area contributed by atoms with Crippen LogP contribution in [0.15, 0.2) is 84.9 Å². The lowest BCUT2D eigenvalue weighted by Gasteiger charge is -2.10. The summed E-state index contributed by atoms with van der Waals surface area (Å²) in [4.78, 5) is 0. The average Bonchev–Trinajstić information content (AvgIpc) is 2.62. The molecule has 0 fully saturated rings. The van der Waals surface area contributed by atoms with Crippen LogP contribution in [0.2, 0.25) is 0 Å². The van der Waals surface area contributed by atoms with Crippen molar-refractivity contribution in [2.45, 2.75) is 11.5 Å². The monoisotopic (exact) mass is 346 g/mol. The number of hydrogen-bond donors (Lipinski definition) is 0. The maximum Gasteiger partial charge on any atom is 0.158 e. The van der Waals surface area contributed by atoms with Crippen molar-refractivity contribution in [3.05, 3.63) is 96.1 Å². The molecule has 25 heavy (non-hydrogen) atoms. The molecule has 4 rings (SSSR count). The van der Waals surface area contributed by atoms with Gasteiger partial charge in [-0.05, 0) is 32.7 Å². The lowest BCUT2D eigenvalue weighted by atomic mass is 10.1. The minimum absolute atomic E-state index is 0.0531. The van der Waals surface area contributed by atoms with Crippen LogP contribution >= 0.6 is 0 Å². The van der Waals surface area contributed by atoms with E-state index in [1.807, 2.05) is 84.9 Å². The van der Waals surface area contributed by atoms with Crippen LogP contribution in [0.3, 0.4) is 0 Å². The van der Waals surface area contributed by atoms with Crippen molar-refractivity contribution in [2.75, 3.05) is 0 Å². The Bertz CT molecular complexity index is 1060. The van der Waals surface area contributed by atoms with Crippen LogP contribution in [-0.4, -0.2) is 8.42 Å². The number of hydrogen-bond acceptors (Lipinski definition) is 2. The van der Waals surface area contributed by atoms with Crippen LogP contribution < -0.4 is 0 Å². The van der Waals surface area contributed by atoms with E-state index in [2.05, 4.69) is 0 Å². The first-order chi connectivity index (χ1) is 12.1. The van der Waals surface area contributed by atoms with Crippen LogP contribution in [0.1, 0.15) is 11.1 Å². The van der Waals surface area contributed by atoms with Gasteiger partial charge in [-0.2, -0.15) is 0 Å². The third kappa shape index (κ3) is 3.28. The molecule has 0 aliphatic rings. The average molecular weight is 346 g/mol. The molecule has 4 aromatic rings. The molecular weight excluding hydrogens is 328 g/mol. The summed E-state index contributed by atoms with van der Waals surface area (Å²) in [6.45, 7) is 0. The topological polar surface area (TPSA) is 34.1 Å². The SMILES string of the molecule is O=S(=O)(Cc1cccc2ccccc12)Cc1cccc2ccccc12. The molecule has 0 spiro atoms. The van der Waals surface area contributed by atoms with Gasteiger partial charge >= 0.3 is 0 Å². The summed E-state index contributed by atoms with van der Waals surface area (Å²) in [5, 5.41) is 4.15. The maximum atomic E-state index is 12.9. The van der Waals surface area contributed by atoms with Crippen LogP contribution in [-0.2, 0) is 21.3 Å². The van der Waals surface area contributed by atoms with Crippen LogP contribution in [0, 0.1) is 0 Å². The van der Waals surface area contributed by atoms with Gasteiger partial charge in [0.2, 0.25) is 0 Å². The zero-order chi connectivity index (χ0) is 17.3. The molecule has 0 saturated heterocycles. The third-order valence-electron chi connectivity index (χ3n) is 4.51. The van der Waals surface area contributed by atoms with Gasteiger partial charge in [-0.3, -0.25) is 0 Å². The standard InChI is InChI=1S/C22H18O2S/c23-25(24,15-19-11-5-9-17-7-1-3-13-21(17)19)16-20-12-6-10-18-8-2-4-14-22(18)20/h1-14H,15-16H2. The Kier molecular flexibility index (Phi) is 4.02. The van der Waals surface area contributed by atoms with E-state index in [-0.39, 0.29) is 11.5 Å². The highest BCUT2D eigenvalue weighted by atomic mass is 32.2. The van der Waals surface area contributed by atoms with Crippen LogP contribution in [0.4, 0.5) is 0 Å². The number of sulfone groups is 1. The second-order valence-corrected chi connectivity index (χ2v) is 8.37. The highest BCUT2D eigenvalue weighted by molar-refractivity contribution is 7.89. The van der Waals surface area contributed by atoms with E-state index >= 15 is 0 Å². The summed E-state index contributed by atoms with van der Waals surface area (Å²) in [6.07, 6.45) is 0. The fourth-order valence-electron chi connectivity index (χ4n) is 3.36. The number of benzene rings is 4. The van der Waals surface area contributed by atoms with E-state index in [1.165, 1.54) is 0 Å². The Morgan fingerprint density at radius 1 is 0.520 bits per heavy atom. The predicted molar refractivity (Wildman–Crippen MR) is 104 cm³/mol. The van der Waals surface area contributed by atoms with Gasteiger partial charge in [0.25, 0.3) is 0 Å². The highest BCUT2D eigenvalue weighted by Gasteiger charge is 2.16. The molecule has 124 valence electrons. The van der Waals surface area contributed by atoms with Gasteiger partial charge in [0.15, 0.2) is 9.84 Å². The second kappa shape index (κ2) is 6.34. The van der Waals surface area contributed by atoms with Crippen LogP contribution in [0.5, 0.6) is 0 Å². The first-order valence-corrected chi connectivity index (χ1v) is 10.1. The van der Waals surface area contributed by atoms with E-state index in [4.69, 9.17) is 0 Å². The molecule has 0 radical (unpaired) electrons. The Labute approximate surface area is 147 Å². The Morgan fingerprint density at radius 3 is 1.40 bits per heavy atom. The van der Waals surface area contributed by atoms with E-state index in [1.54, 1.807) is 0 Å². The van der Waals surface area contributed by atoms with Crippen molar-refractivity contribution in [1.82, 2.24) is 0 Å². The molecule has 0 unspecified atom stereocenters. The van der Waals surface area contributed by atoms with Gasteiger partial charge in [0.1, 0.15) is 0 Å². The van der Waals surface area contributed by atoms with Crippen molar-refractivity contribution in [3.63, 3.8) is 0 Å². The largest absolute Gasteiger partial charge is 0.228 e. The van der Waals surface area contributed by atoms with E-state index < -0.39 is 9.84 Å². The fourth-order valence-corrected chi connectivity index (χ4v) is 4.91. The van der Waals surface area contributed by atoms with Gasteiger partial charge in [0, 0.05) is 0 Å². The van der Waals surface area contributed by atoms with Gasteiger partial charge in [-0.15, -0.1) is 0 Å². The summed E-state index contributed by atoms with van der Waals surface area (Å²) in [5.74, 6) is 0.106. The van der Waals surface area contributed by atoms with Gasteiger partial charge in [-0.1, -0.05) is 84.9 Å². The zero-order valence-electron chi connectivity index (χ0n) is 13.7. The van der Waals surface area contributed by atoms with Crippen LogP contribution in [0.25, 0.3) is 21.5 Å². The molecule has 3 heteroatoms. The third-order valence-corrected chi connectivity index (χ3v) is 6.01. The number of rotatable bonds is 4. The van der Waals surface area contributed by atoms with E-state index in [0.29, 0.717) is 0 Å². The smallest absolute Gasteiger partial charge is 0.158 e. The van der Waals surface area contributed by atoms with E-state index in [9.17, 15) is 8.42 Å². The summed E-state index contributed by atoms with van der Waals surface area (Å²) in [5.41, 5.74) is 1.72. The van der Waals surface area contributed by atoms with Gasteiger partial charge in [0.05, 0.1) is 11.5 Å². The lowest BCUT2D eigenvalue weighted by Crippen LogP contribution is -2.08. The minimum atomic E-state index is -3.27. The first kappa shape index (κ1) is 15.9. The minimum Gasteiger partial charge on any atom is -0.228 e. The normalized spacial score (nSPS) is 11.8. The maximum absolute atomic E-state index is 12.9. The van der Waals surface area contributed by atoms with E-state index in [0.717, 1.165) is 32.7 Å². The van der Waals surface area contributed by atoms with Crippen molar-refractivity contribution in [2.24, 2.45) is 0 Å². The molecule has 0 amide bonds. The molecular formula is C22H18O2S. The summed E-state index contributed by atoms with van der Waals surface area (Å²) in [6, 6.07) is 27.5. The molecule has 0 aromatic heterocycles. The summed E-state index contributed by atoms with van der Waals surface area (Å²) in [7, 11) is -3.27. The molecule has 0 N–H and O–H groups in total. The summed E-state index contributed by atoms with van der Waals surface area (Å²) < 4.78 is 25.7. The number of fused-ring (bicyclic) bond motifs is 2. The van der Waals surface area contributed by atoms with Gasteiger partial charge in [-0.25, -0.2) is 8.42 Å². The molecule has 0 atom stereocenters. The molecule has 0 saturated carbocycles. The molecule has 0 bridgehead atoms. The van der Waals surface area contributed by atoms with Crippen molar-refractivity contribution in [1.29, 1.82) is 0 Å². The van der Waals surface area contributed by atoms with Gasteiger partial charge < -0.3 is 0 Å². The Balaban J connectivity index is 1.70. The highest BCUT2D eigenvalue weighted by Crippen LogP contribution is 2.24. The first-order valence-electron chi connectivity index (χ1n) is 8.26. The Hall–Kier alpha value is -2.65. The fraction of sp³-hybridized carbons (Fsp3) is 0.0909. The zero-order valence-corrected chi connectivity index (χ0v) is 14.5. The predicted octanol–water partition coefficient (Wildman–Crippen LogP) is 5.11. The molecule has 0 aliphatic carbocycles. The summed E-state index contributed by atoms with van der Waals surface area (Å²) >= 11 is 0. The molecule has 4 aromatic carbocycles. The van der Waals surface area contributed by atoms with Crippen molar-refractivity contribution >= 4 is 31.4 Å². The second-order valence-electron chi connectivity index (χ2n) is 6.31. The van der Waals surface area contributed by atoms with Crippen molar-refractivity contribution in [3.8, 4) is 0 Å².